The maximum absolute atomic E-state index is 12.8. The molecule has 0 spiro atoms. The molecule has 0 N–H and O–H groups in total. The average molecular weight is 1180 g/mol. The van der Waals surface area contributed by atoms with Crippen LogP contribution in [-0.2, 0) is 32.7 Å². The summed E-state index contributed by atoms with van der Waals surface area (Å²) in [5.74, 6) is -0.927. The number of hydrogen-bond acceptors (Lipinski definition) is 8. The molecule has 9 nitrogen and oxygen atoms in total. The number of allylic oxidation sites excluding steroid dienone is 34. The maximum Gasteiger partial charge on any atom is 0.306 e. The quantitative estimate of drug-likeness (QED) is 0.0195. The first-order chi connectivity index (χ1) is 41.0. The molecule has 0 saturated carbocycles. The predicted octanol–water partition coefficient (Wildman–Crippen LogP) is 20.1. The molecule has 0 bridgehead atoms. The normalized spacial score (nSPS) is 14.6. The van der Waals surface area contributed by atoms with Crippen molar-refractivity contribution in [3.8, 4) is 0 Å². The fraction of sp³-hybridized carbons (Fsp3) is 0.514. The number of likely N-dealkylation sites (N-methyl/N-ethyl adjacent to an activating group) is 1. The second-order valence-corrected chi connectivity index (χ2v) is 22.7. The maximum atomic E-state index is 12.8. The molecule has 0 radical (unpaired) electrons. The Labute approximate surface area is 513 Å². The van der Waals surface area contributed by atoms with Gasteiger partial charge in [-0.15, -0.1) is 0 Å². The number of phosphoric ester groups is 1. The summed E-state index contributed by atoms with van der Waals surface area (Å²) in [6.07, 6.45) is 98.9. The Morgan fingerprint density at radius 1 is 0.369 bits per heavy atom. The van der Waals surface area contributed by atoms with Gasteiger partial charge in [0.25, 0.3) is 7.82 Å². The molecule has 0 aromatic carbocycles. The van der Waals surface area contributed by atoms with Crippen molar-refractivity contribution in [3.05, 3.63) is 207 Å². The first-order valence-electron chi connectivity index (χ1n) is 31.8. The lowest BCUT2D eigenvalue weighted by molar-refractivity contribution is -0.870. The van der Waals surface area contributed by atoms with Crippen molar-refractivity contribution in [1.82, 2.24) is 0 Å². The van der Waals surface area contributed by atoms with E-state index < -0.39 is 32.5 Å². The smallest absolute Gasteiger partial charge is 0.306 e. The minimum Gasteiger partial charge on any atom is -0.756 e. The van der Waals surface area contributed by atoms with Crippen molar-refractivity contribution in [2.75, 3.05) is 47.5 Å². The van der Waals surface area contributed by atoms with E-state index in [1.165, 1.54) is 0 Å². The zero-order valence-corrected chi connectivity index (χ0v) is 53.9. The molecule has 0 aromatic rings. The van der Waals surface area contributed by atoms with Gasteiger partial charge < -0.3 is 27.9 Å². The van der Waals surface area contributed by atoms with Gasteiger partial charge in [-0.2, -0.15) is 0 Å². The molecule has 0 heterocycles. The molecule has 2 atom stereocenters. The van der Waals surface area contributed by atoms with Crippen LogP contribution < -0.4 is 4.89 Å². The highest BCUT2D eigenvalue weighted by Gasteiger charge is 2.21. The molecular weight excluding hydrogens is 1060 g/mol. The highest BCUT2D eigenvalue weighted by molar-refractivity contribution is 7.45. The lowest BCUT2D eigenvalue weighted by Gasteiger charge is -2.28. The van der Waals surface area contributed by atoms with Gasteiger partial charge in [-0.1, -0.05) is 240 Å². The second-order valence-electron chi connectivity index (χ2n) is 21.3. The molecule has 84 heavy (non-hydrogen) atoms. The number of unbranched alkanes of at least 4 members (excludes halogenated alkanes) is 7. The first-order valence-corrected chi connectivity index (χ1v) is 33.3. The Balaban J connectivity index is 4.30. The summed E-state index contributed by atoms with van der Waals surface area (Å²) in [6, 6.07) is 0. The van der Waals surface area contributed by atoms with Crippen molar-refractivity contribution >= 4 is 19.8 Å². The number of nitrogens with zero attached hydrogens (tertiary/aromatic N) is 1. The van der Waals surface area contributed by atoms with E-state index in [0.717, 1.165) is 154 Å². The van der Waals surface area contributed by atoms with Crippen molar-refractivity contribution in [3.63, 3.8) is 0 Å². The molecular formula is C74H114NO8P. The van der Waals surface area contributed by atoms with Crippen LogP contribution in [0.25, 0.3) is 0 Å². The van der Waals surface area contributed by atoms with Crippen LogP contribution in [0.4, 0.5) is 0 Å². The molecule has 0 saturated heterocycles. The van der Waals surface area contributed by atoms with Crippen molar-refractivity contribution in [1.29, 1.82) is 0 Å². The third-order valence-electron chi connectivity index (χ3n) is 12.3. The van der Waals surface area contributed by atoms with Crippen molar-refractivity contribution in [2.24, 2.45) is 0 Å². The molecule has 0 amide bonds. The van der Waals surface area contributed by atoms with Crippen LogP contribution in [0.15, 0.2) is 207 Å². The molecule has 0 aliphatic heterocycles. The first kappa shape index (κ1) is 78.6. The topological polar surface area (TPSA) is 111 Å². The molecule has 0 aliphatic carbocycles. The van der Waals surface area contributed by atoms with Crippen LogP contribution >= 0.6 is 7.82 Å². The molecule has 0 aliphatic rings. The van der Waals surface area contributed by atoms with Crippen LogP contribution in [0, 0.1) is 0 Å². The number of carbonyl (C=O) groups excluding carboxylic acids is 2. The summed E-state index contributed by atoms with van der Waals surface area (Å²) in [7, 11) is 1.09. The number of ether oxygens (including phenoxy) is 2. The Kier molecular flexibility index (Phi) is 58.1. The molecule has 2 unspecified atom stereocenters. The Morgan fingerprint density at radius 2 is 0.643 bits per heavy atom. The number of hydrogen-bond donors (Lipinski definition) is 0. The van der Waals surface area contributed by atoms with E-state index in [0.29, 0.717) is 23.9 Å². The molecule has 10 heteroatoms. The van der Waals surface area contributed by atoms with E-state index in [4.69, 9.17) is 18.5 Å². The Bertz CT molecular complexity index is 2170. The standard InChI is InChI=1S/C74H114NO8P/c1-6-8-10-12-14-16-18-20-22-24-26-28-29-30-31-32-33-34-35-36-37-38-39-40-41-42-43-44-45-47-49-51-53-55-57-59-61-63-65-67-74(77)83-72(71-82-84(78,79)81-69-68-75(3,4)5)70-80-73(76)66-64-62-60-58-56-54-52-50-48-46-27-25-23-21-19-17-15-13-11-9-7-2/h8-11,14-17,20-23,26-28,30-31,33-34,36-37,39-40,42-43,45-47,50-53,57,59,72H,6-7,12-13,18-19,24-25,29,32,35,38,41,44,48-49,54-56,58,60-71H2,1-5H3/b10-8-,11-9-,16-14-,17-15-,22-20-,23-21-,28-26-,31-30-,34-33-,37-36-,40-39-,43-42-,46-27-,47-45-,52-50-,53-51-,59-57-. The van der Waals surface area contributed by atoms with Gasteiger partial charge >= 0.3 is 11.9 Å². The van der Waals surface area contributed by atoms with Gasteiger partial charge in [-0.25, -0.2) is 0 Å². The highest BCUT2D eigenvalue weighted by Crippen LogP contribution is 2.38. The van der Waals surface area contributed by atoms with Gasteiger partial charge in [0.2, 0.25) is 0 Å². The number of rotatable bonds is 55. The third kappa shape index (κ3) is 65.7. The average Bonchev–Trinajstić information content (AvgIpc) is 3.61. The fourth-order valence-electron chi connectivity index (χ4n) is 7.48. The summed E-state index contributed by atoms with van der Waals surface area (Å²) >= 11 is 0. The minimum absolute atomic E-state index is 0.0556. The van der Waals surface area contributed by atoms with Crippen LogP contribution in [0.5, 0.6) is 0 Å². The summed E-state index contributed by atoms with van der Waals surface area (Å²) in [5.41, 5.74) is 0. The van der Waals surface area contributed by atoms with Crippen LogP contribution in [-0.4, -0.2) is 70.0 Å². The van der Waals surface area contributed by atoms with Gasteiger partial charge in [0.05, 0.1) is 27.7 Å². The molecule has 0 aromatic heterocycles. The van der Waals surface area contributed by atoms with Gasteiger partial charge in [-0.05, 0) is 148 Å². The SMILES string of the molecule is CC/C=C\C/C=C\C/C=C\C/C=C\C/C=C\C/C=C\C/C=C\C/C=C\C/C=C\C/C=C\C/C=C\C/C=C\CCCCC(=O)OC(COC(=O)CCCCCCC/C=C\C/C=C\C/C=C\C/C=C\C/C=C\CC)COP(=O)([O-])OCC[N+](C)(C)C. The molecule has 0 rings (SSSR count). The summed E-state index contributed by atoms with van der Waals surface area (Å²) in [4.78, 5) is 37.9. The predicted molar refractivity (Wildman–Crippen MR) is 359 cm³/mol. The Hall–Kier alpha value is -5.41. The Morgan fingerprint density at radius 3 is 0.976 bits per heavy atom. The number of phosphoric acid groups is 1. The monoisotopic (exact) mass is 1180 g/mol. The summed E-state index contributed by atoms with van der Waals surface area (Å²) in [5, 5.41) is 0. The van der Waals surface area contributed by atoms with Crippen molar-refractivity contribution in [2.45, 2.75) is 200 Å². The summed E-state index contributed by atoms with van der Waals surface area (Å²) in [6.45, 7) is 3.89. The van der Waals surface area contributed by atoms with Gasteiger partial charge in [0.1, 0.15) is 19.8 Å². The van der Waals surface area contributed by atoms with Crippen LogP contribution in [0.1, 0.15) is 194 Å². The number of esters is 2. The van der Waals surface area contributed by atoms with Crippen LogP contribution in [0.2, 0.25) is 0 Å². The molecule has 468 valence electrons. The van der Waals surface area contributed by atoms with Gasteiger partial charge in [0.15, 0.2) is 6.10 Å². The zero-order chi connectivity index (χ0) is 61.2. The van der Waals surface area contributed by atoms with Gasteiger partial charge in [-0.3, -0.25) is 14.2 Å². The van der Waals surface area contributed by atoms with Crippen molar-refractivity contribution < 1.29 is 42.1 Å². The highest BCUT2D eigenvalue weighted by atomic mass is 31.2. The lowest BCUT2D eigenvalue weighted by atomic mass is 10.1. The van der Waals surface area contributed by atoms with E-state index in [9.17, 15) is 19.0 Å². The zero-order valence-electron chi connectivity index (χ0n) is 53.0. The molecule has 0 fully saturated rings. The lowest BCUT2D eigenvalue weighted by Crippen LogP contribution is -2.37. The number of carbonyl (C=O) groups is 2. The fourth-order valence-corrected chi connectivity index (χ4v) is 8.21. The van der Waals surface area contributed by atoms with Crippen LogP contribution in [0.3, 0.4) is 0 Å². The largest absolute Gasteiger partial charge is 0.756 e. The third-order valence-corrected chi connectivity index (χ3v) is 13.3. The van der Waals surface area contributed by atoms with E-state index in [2.05, 4.69) is 220 Å². The van der Waals surface area contributed by atoms with E-state index in [-0.39, 0.29) is 26.1 Å². The van der Waals surface area contributed by atoms with E-state index in [1.807, 2.05) is 21.1 Å². The van der Waals surface area contributed by atoms with E-state index in [1.54, 1.807) is 0 Å². The van der Waals surface area contributed by atoms with E-state index >= 15 is 0 Å². The second kappa shape index (κ2) is 62.1. The van der Waals surface area contributed by atoms with Gasteiger partial charge in [0, 0.05) is 12.8 Å². The minimum atomic E-state index is -4.67. The summed E-state index contributed by atoms with van der Waals surface area (Å²) < 4.78 is 34.1. The number of quaternary nitrogens is 1.